The van der Waals surface area contributed by atoms with Gasteiger partial charge in [-0.15, -0.1) is 0 Å². The first-order valence-corrected chi connectivity index (χ1v) is 9.62. The summed E-state index contributed by atoms with van der Waals surface area (Å²) < 4.78 is 70.5. The molecule has 2 aromatic carbocycles. The van der Waals surface area contributed by atoms with E-state index in [4.69, 9.17) is 3.67 Å². The van der Waals surface area contributed by atoms with Crippen LogP contribution in [0.25, 0.3) is 0 Å². The van der Waals surface area contributed by atoms with Crippen LogP contribution in [-0.4, -0.2) is 25.9 Å². The van der Waals surface area contributed by atoms with Crippen molar-refractivity contribution in [3.05, 3.63) is 59.7 Å². The van der Waals surface area contributed by atoms with Crippen LogP contribution in [0, 0.1) is 13.8 Å². The molecule has 0 unspecified atom stereocenters. The third kappa shape index (κ3) is 8.48. The SMILES string of the molecule is Cc1ccc(S(=O)(=O)[O-])cc1.Cc1ccc(S(=O)(=O)[O-])cc1.[O]=[V+2]. The molecular weight excluding hydrogens is 395 g/mol. The second kappa shape index (κ2) is 9.82. The number of aryl methyl sites for hydroxylation is 2. The molecule has 0 saturated carbocycles. The van der Waals surface area contributed by atoms with Crippen molar-refractivity contribution in [3.63, 3.8) is 0 Å². The van der Waals surface area contributed by atoms with Crippen LogP contribution in [0.15, 0.2) is 58.3 Å². The van der Waals surface area contributed by atoms with Gasteiger partial charge in [-0.1, -0.05) is 35.4 Å². The molecule has 0 bridgehead atoms. The van der Waals surface area contributed by atoms with Crippen molar-refractivity contribution in [1.29, 1.82) is 0 Å². The van der Waals surface area contributed by atoms with E-state index in [0.29, 0.717) is 0 Å². The Bertz CT molecular complexity index is 770. The number of rotatable bonds is 2. The minimum absolute atomic E-state index is 0.178. The van der Waals surface area contributed by atoms with Crippen molar-refractivity contribution in [2.75, 3.05) is 0 Å². The number of hydrogen-bond acceptors (Lipinski definition) is 7. The molecule has 0 spiro atoms. The van der Waals surface area contributed by atoms with Gasteiger partial charge in [0.05, 0.1) is 9.79 Å². The van der Waals surface area contributed by atoms with Crippen molar-refractivity contribution < 1.29 is 47.0 Å². The van der Waals surface area contributed by atoms with Crippen molar-refractivity contribution >= 4 is 20.2 Å². The summed E-state index contributed by atoms with van der Waals surface area (Å²) in [6.45, 7) is 3.64. The van der Waals surface area contributed by atoms with Crippen molar-refractivity contribution in [2.24, 2.45) is 0 Å². The Balaban J connectivity index is 0.000000400. The summed E-state index contributed by atoms with van der Waals surface area (Å²) in [5.74, 6) is 0. The average molecular weight is 409 g/mol. The van der Waals surface area contributed by atoms with Crippen molar-refractivity contribution in [1.82, 2.24) is 0 Å². The molecule has 0 aliphatic heterocycles. The van der Waals surface area contributed by atoms with E-state index >= 15 is 0 Å². The van der Waals surface area contributed by atoms with E-state index < -0.39 is 20.2 Å². The summed E-state index contributed by atoms with van der Waals surface area (Å²) in [5.41, 5.74) is 1.86. The Labute approximate surface area is 150 Å². The topological polar surface area (TPSA) is 131 Å². The van der Waals surface area contributed by atoms with Gasteiger partial charge in [0, 0.05) is 0 Å². The summed E-state index contributed by atoms with van der Waals surface area (Å²) in [5, 5.41) is 0. The zero-order chi connectivity index (χ0) is 19.0. The number of hydrogen-bond donors (Lipinski definition) is 0. The zero-order valence-electron chi connectivity index (χ0n) is 12.7. The average Bonchev–Trinajstić information content (AvgIpc) is 2.49. The Kier molecular flexibility index (Phi) is 9.27. The van der Waals surface area contributed by atoms with Gasteiger partial charge < -0.3 is 9.11 Å². The summed E-state index contributed by atoms with van der Waals surface area (Å²) in [4.78, 5) is -0.355. The van der Waals surface area contributed by atoms with Crippen molar-refractivity contribution in [2.45, 2.75) is 23.6 Å². The van der Waals surface area contributed by atoms with E-state index in [1.807, 2.05) is 13.8 Å². The summed E-state index contributed by atoms with van der Waals surface area (Å²) in [6, 6.07) is 11.6. The first-order valence-electron chi connectivity index (χ1n) is 6.23. The third-order valence-electron chi connectivity index (χ3n) is 2.62. The monoisotopic (exact) mass is 409 g/mol. The van der Waals surface area contributed by atoms with E-state index in [0.717, 1.165) is 28.5 Å². The molecule has 10 heteroatoms. The summed E-state index contributed by atoms with van der Waals surface area (Å²) >= 11 is 1.06. The maximum absolute atomic E-state index is 10.4. The Morgan fingerprint density at radius 2 is 0.833 bits per heavy atom. The first-order chi connectivity index (χ1) is 11.0. The molecule has 0 aliphatic rings. The Morgan fingerprint density at radius 3 is 1.00 bits per heavy atom. The molecular formula is C14H14O7S2V. The van der Waals surface area contributed by atoms with Gasteiger partial charge in [-0.05, 0) is 38.1 Å². The molecule has 0 amide bonds. The van der Waals surface area contributed by atoms with Crippen LogP contribution < -0.4 is 0 Å². The molecule has 0 aliphatic carbocycles. The Hall–Kier alpha value is -1.36. The fourth-order valence-electron chi connectivity index (χ4n) is 1.41. The van der Waals surface area contributed by atoms with Gasteiger partial charge in [-0.3, -0.25) is 0 Å². The predicted octanol–water partition coefficient (Wildman–Crippen LogP) is 1.68. The fourth-order valence-corrected chi connectivity index (χ4v) is 2.35. The van der Waals surface area contributed by atoms with E-state index in [1.54, 1.807) is 24.3 Å². The van der Waals surface area contributed by atoms with E-state index in [1.165, 1.54) is 24.3 Å². The number of benzene rings is 2. The molecule has 129 valence electrons. The molecule has 7 nitrogen and oxygen atoms in total. The van der Waals surface area contributed by atoms with Gasteiger partial charge in [0.2, 0.25) is 0 Å². The van der Waals surface area contributed by atoms with Gasteiger partial charge in [0.25, 0.3) is 0 Å². The molecule has 0 N–H and O–H groups in total. The van der Waals surface area contributed by atoms with Gasteiger partial charge in [-0.2, -0.15) is 0 Å². The molecule has 2 aromatic rings. The van der Waals surface area contributed by atoms with Crippen LogP contribution in [0.2, 0.25) is 0 Å². The second-order valence-electron chi connectivity index (χ2n) is 4.53. The van der Waals surface area contributed by atoms with Gasteiger partial charge in [0.1, 0.15) is 20.2 Å². The van der Waals surface area contributed by atoms with Gasteiger partial charge >= 0.3 is 21.0 Å². The summed E-state index contributed by atoms with van der Waals surface area (Å²) in [7, 11) is -8.54. The van der Waals surface area contributed by atoms with Crippen LogP contribution in [0.3, 0.4) is 0 Å². The molecule has 0 aromatic heterocycles. The minimum atomic E-state index is -4.27. The van der Waals surface area contributed by atoms with Crippen molar-refractivity contribution in [3.8, 4) is 0 Å². The second-order valence-corrected chi connectivity index (χ2v) is 7.29. The summed E-state index contributed by atoms with van der Waals surface area (Å²) in [6.07, 6.45) is 0. The van der Waals surface area contributed by atoms with E-state index in [9.17, 15) is 25.9 Å². The van der Waals surface area contributed by atoms with Crippen LogP contribution in [0.5, 0.6) is 0 Å². The first kappa shape index (κ1) is 22.6. The normalized spacial score (nSPS) is 10.8. The van der Waals surface area contributed by atoms with Crippen LogP contribution in [-0.2, 0) is 41.3 Å². The van der Waals surface area contributed by atoms with E-state index in [2.05, 4.69) is 0 Å². The molecule has 0 radical (unpaired) electrons. The zero-order valence-corrected chi connectivity index (χ0v) is 15.8. The quantitative estimate of drug-likeness (QED) is 0.689. The molecule has 0 saturated heterocycles. The predicted molar refractivity (Wildman–Crippen MR) is 79.0 cm³/mol. The van der Waals surface area contributed by atoms with Crippen LogP contribution in [0.4, 0.5) is 0 Å². The van der Waals surface area contributed by atoms with Gasteiger partial charge in [0.15, 0.2) is 0 Å². The Morgan fingerprint density at radius 1 is 0.625 bits per heavy atom. The standard InChI is InChI=1S/2C7H8O3S.O.V/c2*1-6-2-4-7(5-3-6)11(8,9)10;;/h2*2-5H,1H3,(H,8,9,10);;/q;;;+2/p-2. The van der Waals surface area contributed by atoms with Gasteiger partial charge in [-0.25, -0.2) is 16.8 Å². The molecule has 0 atom stereocenters. The fraction of sp³-hybridized carbons (Fsp3) is 0.143. The van der Waals surface area contributed by atoms with Crippen LogP contribution >= 0.6 is 0 Å². The van der Waals surface area contributed by atoms with E-state index in [-0.39, 0.29) is 9.79 Å². The molecule has 0 fully saturated rings. The molecule has 0 heterocycles. The molecule has 2 rings (SSSR count). The third-order valence-corrected chi connectivity index (χ3v) is 4.32. The molecule has 24 heavy (non-hydrogen) atoms. The maximum atomic E-state index is 10.4. The van der Waals surface area contributed by atoms with Crippen LogP contribution in [0.1, 0.15) is 11.1 Å².